The Hall–Kier alpha value is -3.16. The van der Waals surface area contributed by atoms with Crippen LogP contribution in [0.15, 0.2) is 35.5 Å². The molecule has 2 aliphatic rings. The maximum absolute atomic E-state index is 13.1. The first kappa shape index (κ1) is 17.0. The van der Waals surface area contributed by atoms with Crippen LogP contribution in [0.5, 0.6) is 0 Å². The second kappa shape index (κ2) is 6.47. The van der Waals surface area contributed by atoms with E-state index in [4.69, 9.17) is 4.98 Å². The molecule has 28 heavy (non-hydrogen) atoms. The minimum atomic E-state index is -0.188. The topological polar surface area (TPSA) is 84.5 Å². The first-order valence-electron chi connectivity index (χ1n) is 9.72. The molecule has 1 atom stereocenters. The number of nitrogens with one attached hydrogen (secondary N) is 1. The zero-order chi connectivity index (χ0) is 19.3. The molecular weight excluding hydrogens is 356 g/mol. The van der Waals surface area contributed by atoms with Crippen molar-refractivity contribution >= 4 is 17.4 Å². The predicted molar refractivity (Wildman–Crippen MR) is 105 cm³/mol. The van der Waals surface area contributed by atoms with Crippen molar-refractivity contribution in [3.05, 3.63) is 57.8 Å². The Bertz CT molecular complexity index is 1130. The van der Waals surface area contributed by atoms with Gasteiger partial charge >= 0.3 is 0 Å². The molecule has 0 saturated carbocycles. The molecule has 5 rings (SSSR count). The van der Waals surface area contributed by atoms with Crippen molar-refractivity contribution in [2.45, 2.75) is 38.8 Å². The quantitative estimate of drug-likeness (QED) is 0.643. The fourth-order valence-corrected chi connectivity index (χ4v) is 4.31. The number of fused-ring (bicyclic) bond motifs is 6. The predicted octanol–water partition coefficient (Wildman–Crippen LogP) is 1.67. The molecule has 1 saturated heterocycles. The van der Waals surface area contributed by atoms with Crippen LogP contribution in [-0.4, -0.2) is 38.2 Å². The molecule has 0 aliphatic carbocycles. The van der Waals surface area contributed by atoms with Crippen LogP contribution in [0.25, 0.3) is 5.65 Å². The van der Waals surface area contributed by atoms with Crippen LogP contribution in [0.1, 0.15) is 46.8 Å². The number of nitrogens with zero attached hydrogens (tertiary/aromatic N) is 5. The van der Waals surface area contributed by atoms with Crippen molar-refractivity contribution in [2.24, 2.45) is 0 Å². The monoisotopic (exact) mass is 378 g/mol. The number of carbonyl (C=O) groups is 1. The van der Waals surface area contributed by atoms with Crippen molar-refractivity contribution in [3.63, 3.8) is 0 Å². The average Bonchev–Trinajstić information content (AvgIpc) is 3.33. The fraction of sp³-hybridized carbons (Fsp3) is 0.400. The molecular formula is C20H22N6O2. The number of aryl methyl sites for hydroxylation is 2. The van der Waals surface area contributed by atoms with Gasteiger partial charge in [-0.25, -0.2) is 9.50 Å². The summed E-state index contributed by atoms with van der Waals surface area (Å²) in [5.41, 5.74) is 2.96. The average molecular weight is 378 g/mol. The minimum absolute atomic E-state index is 0.00302. The molecule has 0 spiro atoms. The van der Waals surface area contributed by atoms with Gasteiger partial charge in [-0.15, -0.1) is 0 Å². The molecule has 3 aromatic rings. The highest BCUT2D eigenvalue weighted by Gasteiger charge is 2.30. The Morgan fingerprint density at radius 2 is 2.11 bits per heavy atom. The van der Waals surface area contributed by atoms with Gasteiger partial charge in [-0.2, -0.15) is 5.10 Å². The van der Waals surface area contributed by atoms with E-state index in [9.17, 15) is 9.59 Å². The van der Waals surface area contributed by atoms with Gasteiger partial charge in [0.25, 0.3) is 11.5 Å². The molecule has 5 heterocycles. The molecule has 4 bridgehead atoms. The highest BCUT2D eigenvalue weighted by molar-refractivity contribution is 5.99. The van der Waals surface area contributed by atoms with Gasteiger partial charge in [-0.05, 0) is 43.9 Å². The van der Waals surface area contributed by atoms with E-state index in [0.717, 1.165) is 36.3 Å². The van der Waals surface area contributed by atoms with E-state index >= 15 is 0 Å². The summed E-state index contributed by atoms with van der Waals surface area (Å²) >= 11 is 0. The Labute approximate surface area is 161 Å². The Morgan fingerprint density at radius 1 is 1.21 bits per heavy atom. The van der Waals surface area contributed by atoms with Crippen LogP contribution in [-0.2, 0) is 6.54 Å². The molecule has 0 unspecified atom stereocenters. The molecule has 144 valence electrons. The molecule has 2 aliphatic heterocycles. The number of hydrogen-bond acceptors (Lipinski definition) is 5. The van der Waals surface area contributed by atoms with E-state index in [1.165, 1.54) is 0 Å². The molecule has 0 aromatic carbocycles. The van der Waals surface area contributed by atoms with Crippen molar-refractivity contribution < 1.29 is 4.79 Å². The van der Waals surface area contributed by atoms with Gasteiger partial charge in [0.1, 0.15) is 11.4 Å². The van der Waals surface area contributed by atoms with Gasteiger partial charge in [0.15, 0.2) is 5.65 Å². The maximum Gasteiger partial charge on any atom is 0.256 e. The van der Waals surface area contributed by atoms with Crippen molar-refractivity contribution in [1.82, 2.24) is 24.5 Å². The van der Waals surface area contributed by atoms with Gasteiger partial charge in [0.2, 0.25) is 0 Å². The first-order chi connectivity index (χ1) is 13.6. The third-order valence-corrected chi connectivity index (χ3v) is 5.62. The maximum atomic E-state index is 13.1. The normalized spacial score (nSPS) is 19.5. The summed E-state index contributed by atoms with van der Waals surface area (Å²) in [6.07, 6.45) is 7.88. The number of aromatic nitrogens is 4. The van der Waals surface area contributed by atoms with Crippen LogP contribution < -0.4 is 15.8 Å². The molecule has 8 heteroatoms. The summed E-state index contributed by atoms with van der Waals surface area (Å²) in [5.74, 6) is 0.584. The number of amides is 1. The number of carbonyl (C=O) groups excluding carboxylic acids is 1. The minimum Gasteiger partial charge on any atom is -0.352 e. The van der Waals surface area contributed by atoms with Gasteiger partial charge < -0.3 is 14.8 Å². The third-order valence-electron chi connectivity index (χ3n) is 5.62. The van der Waals surface area contributed by atoms with E-state index in [0.29, 0.717) is 30.7 Å². The van der Waals surface area contributed by atoms with Crippen LogP contribution in [0.4, 0.5) is 5.82 Å². The van der Waals surface area contributed by atoms with Gasteiger partial charge in [-0.3, -0.25) is 9.59 Å². The smallest absolute Gasteiger partial charge is 0.256 e. The SMILES string of the molecule is Cc1cc2c(=O)n(c1)CCCNC(=O)c1cnn3ccc(nc13)N1CCC[C@H]21. The summed E-state index contributed by atoms with van der Waals surface area (Å²) in [5, 5.41) is 7.17. The first-order valence-corrected chi connectivity index (χ1v) is 9.72. The molecule has 1 amide bonds. The Kier molecular flexibility index (Phi) is 3.92. The highest BCUT2D eigenvalue weighted by Crippen LogP contribution is 2.34. The highest BCUT2D eigenvalue weighted by atomic mass is 16.1. The number of hydrogen-bond donors (Lipinski definition) is 1. The second-order valence-corrected chi connectivity index (χ2v) is 7.54. The summed E-state index contributed by atoms with van der Waals surface area (Å²) in [4.78, 5) is 32.7. The van der Waals surface area contributed by atoms with Crippen LogP contribution in [0, 0.1) is 6.92 Å². The molecule has 1 fully saturated rings. The van der Waals surface area contributed by atoms with Crippen molar-refractivity contribution in [3.8, 4) is 0 Å². The molecule has 1 N–H and O–H groups in total. The lowest BCUT2D eigenvalue weighted by Gasteiger charge is -2.26. The molecule has 0 radical (unpaired) electrons. The van der Waals surface area contributed by atoms with E-state index < -0.39 is 0 Å². The van der Waals surface area contributed by atoms with Crippen molar-refractivity contribution in [1.29, 1.82) is 0 Å². The van der Waals surface area contributed by atoms with E-state index in [1.54, 1.807) is 15.3 Å². The van der Waals surface area contributed by atoms with Gasteiger partial charge in [0, 0.05) is 37.6 Å². The fourth-order valence-electron chi connectivity index (χ4n) is 4.31. The zero-order valence-electron chi connectivity index (χ0n) is 15.8. The number of anilines is 1. The largest absolute Gasteiger partial charge is 0.352 e. The Morgan fingerprint density at radius 3 is 3.00 bits per heavy atom. The second-order valence-electron chi connectivity index (χ2n) is 7.54. The summed E-state index contributed by atoms with van der Waals surface area (Å²) < 4.78 is 3.40. The van der Waals surface area contributed by atoms with Crippen LogP contribution in [0.3, 0.4) is 0 Å². The van der Waals surface area contributed by atoms with Crippen LogP contribution in [0.2, 0.25) is 0 Å². The lowest BCUT2D eigenvalue weighted by Crippen LogP contribution is -2.33. The lowest BCUT2D eigenvalue weighted by atomic mass is 10.0. The van der Waals surface area contributed by atoms with E-state index in [2.05, 4.69) is 15.3 Å². The summed E-state index contributed by atoms with van der Waals surface area (Å²) in [6, 6.07) is 3.91. The van der Waals surface area contributed by atoms with Crippen molar-refractivity contribution in [2.75, 3.05) is 18.0 Å². The summed E-state index contributed by atoms with van der Waals surface area (Å²) in [6.45, 7) is 3.91. The van der Waals surface area contributed by atoms with Crippen LogP contribution >= 0.6 is 0 Å². The van der Waals surface area contributed by atoms with Gasteiger partial charge in [-0.1, -0.05) is 0 Å². The number of rotatable bonds is 0. The zero-order valence-corrected chi connectivity index (χ0v) is 15.8. The van der Waals surface area contributed by atoms with Gasteiger partial charge in [0.05, 0.1) is 12.2 Å². The third kappa shape index (κ3) is 2.67. The number of pyridine rings is 1. The van der Waals surface area contributed by atoms with E-state index in [-0.39, 0.29) is 17.5 Å². The summed E-state index contributed by atoms with van der Waals surface area (Å²) in [7, 11) is 0. The molecule has 3 aromatic heterocycles. The lowest BCUT2D eigenvalue weighted by molar-refractivity contribution is 0.0954. The Balaban J connectivity index is 1.70. The standard InChI is InChI=1S/C20H22N6O2/c1-13-10-14-16-4-2-8-25(16)17-5-9-26-18(23-17)15(11-22-26)19(27)21-6-3-7-24(12-13)20(14)28/h5,9-12,16H,2-4,6-8H2,1H3,(H,21,27)/t16-/m1/s1. The van der Waals surface area contributed by atoms with E-state index in [1.807, 2.05) is 31.5 Å². The molecule has 8 nitrogen and oxygen atoms in total.